The van der Waals surface area contributed by atoms with Gasteiger partial charge in [0.25, 0.3) is 0 Å². The lowest BCUT2D eigenvalue weighted by Crippen LogP contribution is -2.00. The van der Waals surface area contributed by atoms with Gasteiger partial charge in [0, 0.05) is 10.7 Å². The molecule has 0 aliphatic carbocycles. The maximum Gasteiger partial charge on any atom is 0.153 e. The zero-order valence-corrected chi connectivity index (χ0v) is 9.83. The molecular formula is C11H9BrFN3. The number of nitrogens with zero attached hydrogens (tertiary/aromatic N) is 1. The van der Waals surface area contributed by atoms with E-state index in [0.29, 0.717) is 21.7 Å². The lowest BCUT2D eigenvalue weighted by Gasteiger charge is -2.08. The smallest absolute Gasteiger partial charge is 0.153 e. The Hall–Kier alpha value is -1.62. The maximum atomic E-state index is 13.5. The number of hydrogen-bond donors (Lipinski definition) is 2. The van der Waals surface area contributed by atoms with E-state index in [-0.39, 0.29) is 5.82 Å². The van der Waals surface area contributed by atoms with Crippen LogP contribution >= 0.6 is 15.9 Å². The highest BCUT2D eigenvalue weighted by Gasteiger charge is 2.05. The fraction of sp³-hybridized carbons (Fsp3) is 0. The van der Waals surface area contributed by atoms with E-state index in [4.69, 9.17) is 5.73 Å². The summed E-state index contributed by atoms with van der Waals surface area (Å²) in [6.07, 6.45) is 1.59. The van der Waals surface area contributed by atoms with Gasteiger partial charge in [0.05, 0.1) is 11.4 Å². The zero-order valence-electron chi connectivity index (χ0n) is 8.24. The first-order valence-corrected chi connectivity index (χ1v) is 5.38. The number of hydrogen-bond acceptors (Lipinski definition) is 3. The third kappa shape index (κ3) is 2.30. The minimum absolute atomic E-state index is 0.341. The predicted molar refractivity (Wildman–Crippen MR) is 66.0 cm³/mol. The molecule has 0 saturated heterocycles. The lowest BCUT2D eigenvalue weighted by molar-refractivity contribution is 0.631. The number of halogens is 2. The molecule has 0 aliphatic rings. The van der Waals surface area contributed by atoms with Gasteiger partial charge in [0.2, 0.25) is 0 Å². The van der Waals surface area contributed by atoms with Crippen molar-refractivity contribution in [3.63, 3.8) is 0 Å². The third-order valence-corrected chi connectivity index (χ3v) is 2.52. The molecule has 1 aromatic heterocycles. The van der Waals surface area contributed by atoms with Gasteiger partial charge < -0.3 is 11.1 Å². The van der Waals surface area contributed by atoms with Gasteiger partial charge >= 0.3 is 0 Å². The topological polar surface area (TPSA) is 50.9 Å². The predicted octanol–water partition coefficient (Wildman–Crippen LogP) is 3.31. The van der Waals surface area contributed by atoms with E-state index in [1.807, 2.05) is 0 Å². The number of nitrogens with one attached hydrogen (secondary N) is 1. The summed E-state index contributed by atoms with van der Waals surface area (Å²) in [4.78, 5) is 4.02. The fourth-order valence-electron chi connectivity index (χ4n) is 1.24. The Labute approximate surface area is 101 Å². The van der Waals surface area contributed by atoms with E-state index < -0.39 is 0 Å². The molecule has 1 heterocycles. The molecule has 1 aromatic carbocycles. The number of nitrogen functional groups attached to an aromatic ring is 1. The highest BCUT2D eigenvalue weighted by molar-refractivity contribution is 9.10. The highest BCUT2D eigenvalue weighted by Crippen LogP contribution is 2.24. The second-order valence-electron chi connectivity index (χ2n) is 3.19. The van der Waals surface area contributed by atoms with Crippen LogP contribution in [0.4, 0.5) is 21.6 Å². The number of benzene rings is 1. The minimum Gasteiger partial charge on any atom is -0.396 e. The minimum atomic E-state index is -0.362. The first-order chi connectivity index (χ1) is 7.66. The van der Waals surface area contributed by atoms with Crippen LogP contribution in [0.25, 0.3) is 0 Å². The standard InChI is InChI=1S/C11H9BrFN3/c12-7-3-4-10(8(13)6-7)16-11-9(14)2-1-5-15-11/h1-6H,14H2,(H,15,16). The first-order valence-electron chi connectivity index (χ1n) is 4.59. The third-order valence-electron chi connectivity index (χ3n) is 2.02. The van der Waals surface area contributed by atoms with Gasteiger partial charge in [-0.15, -0.1) is 0 Å². The number of pyridine rings is 1. The van der Waals surface area contributed by atoms with Crippen LogP contribution in [0.3, 0.4) is 0 Å². The summed E-state index contributed by atoms with van der Waals surface area (Å²) in [5, 5.41) is 2.84. The molecule has 3 nitrogen and oxygen atoms in total. The fourth-order valence-corrected chi connectivity index (χ4v) is 1.57. The van der Waals surface area contributed by atoms with E-state index in [2.05, 4.69) is 26.2 Å². The molecule has 0 bridgehead atoms. The quantitative estimate of drug-likeness (QED) is 0.888. The number of anilines is 3. The van der Waals surface area contributed by atoms with Crippen LogP contribution < -0.4 is 11.1 Å². The van der Waals surface area contributed by atoms with E-state index in [1.165, 1.54) is 6.07 Å². The van der Waals surface area contributed by atoms with Crippen molar-refractivity contribution >= 4 is 33.1 Å². The summed E-state index contributed by atoms with van der Waals surface area (Å²) >= 11 is 3.19. The van der Waals surface area contributed by atoms with Gasteiger partial charge in [-0.1, -0.05) is 15.9 Å². The maximum absolute atomic E-state index is 13.5. The summed E-state index contributed by atoms with van der Waals surface area (Å²) in [5.74, 6) is 0.0863. The molecule has 3 N–H and O–H groups in total. The van der Waals surface area contributed by atoms with Crippen LogP contribution in [0, 0.1) is 5.82 Å². The Morgan fingerprint density at radius 1 is 1.31 bits per heavy atom. The van der Waals surface area contributed by atoms with Gasteiger partial charge in [0.1, 0.15) is 5.82 Å². The van der Waals surface area contributed by atoms with Crippen LogP contribution in [-0.2, 0) is 0 Å². The molecule has 2 rings (SSSR count). The number of nitrogens with two attached hydrogens (primary N) is 1. The molecule has 0 spiro atoms. The molecule has 0 radical (unpaired) electrons. The zero-order chi connectivity index (χ0) is 11.5. The normalized spacial score (nSPS) is 10.1. The summed E-state index contributed by atoms with van der Waals surface area (Å²) in [6.45, 7) is 0. The van der Waals surface area contributed by atoms with Gasteiger partial charge in [-0.2, -0.15) is 0 Å². The molecule has 2 aromatic rings. The summed E-state index contributed by atoms with van der Waals surface area (Å²) in [7, 11) is 0. The first kappa shape index (κ1) is 10.9. The SMILES string of the molecule is Nc1cccnc1Nc1ccc(Br)cc1F. The Morgan fingerprint density at radius 3 is 2.81 bits per heavy atom. The monoisotopic (exact) mass is 281 g/mol. The second kappa shape index (κ2) is 4.49. The van der Waals surface area contributed by atoms with Crippen molar-refractivity contribution in [3.8, 4) is 0 Å². The summed E-state index contributed by atoms with van der Waals surface area (Å²) < 4.78 is 14.2. The Morgan fingerprint density at radius 2 is 2.12 bits per heavy atom. The Balaban J connectivity index is 2.31. The average molecular weight is 282 g/mol. The Kier molecular flexibility index (Phi) is 3.05. The average Bonchev–Trinajstić information content (AvgIpc) is 2.25. The molecule has 0 aliphatic heterocycles. The van der Waals surface area contributed by atoms with Crippen molar-refractivity contribution in [2.75, 3.05) is 11.1 Å². The van der Waals surface area contributed by atoms with E-state index >= 15 is 0 Å². The van der Waals surface area contributed by atoms with Crippen LogP contribution in [0.5, 0.6) is 0 Å². The molecular weight excluding hydrogens is 273 g/mol. The van der Waals surface area contributed by atoms with Gasteiger partial charge in [-0.05, 0) is 30.3 Å². The van der Waals surface area contributed by atoms with Crippen molar-refractivity contribution in [3.05, 3.63) is 46.8 Å². The van der Waals surface area contributed by atoms with Crippen LogP contribution in [-0.4, -0.2) is 4.98 Å². The molecule has 82 valence electrons. The molecule has 0 saturated carbocycles. The van der Waals surface area contributed by atoms with Crippen molar-refractivity contribution in [1.82, 2.24) is 4.98 Å². The van der Waals surface area contributed by atoms with Crippen molar-refractivity contribution < 1.29 is 4.39 Å². The number of aromatic nitrogens is 1. The van der Waals surface area contributed by atoms with Crippen LogP contribution in [0.1, 0.15) is 0 Å². The van der Waals surface area contributed by atoms with E-state index in [9.17, 15) is 4.39 Å². The lowest BCUT2D eigenvalue weighted by atomic mass is 10.3. The molecule has 0 fully saturated rings. The van der Waals surface area contributed by atoms with E-state index in [1.54, 1.807) is 30.5 Å². The van der Waals surface area contributed by atoms with Crippen molar-refractivity contribution in [1.29, 1.82) is 0 Å². The van der Waals surface area contributed by atoms with Gasteiger partial charge in [-0.25, -0.2) is 9.37 Å². The summed E-state index contributed by atoms with van der Waals surface area (Å²) in [5.41, 5.74) is 6.51. The molecule has 16 heavy (non-hydrogen) atoms. The van der Waals surface area contributed by atoms with Gasteiger partial charge in [0.15, 0.2) is 5.82 Å². The van der Waals surface area contributed by atoms with Crippen molar-refractivity contribution in [2.24, 2.45) is 0 Å². The number of rotatable bonds is 2. The van der Waals surface area contributed by atoms with Crippen molar-refractivity contribution in [2.45, 2.75) is 0 Å². The largest absolute Gasteiger partial charge is 0.396 e. The molecule has 5 heteroatoms. The molecule has 0 atom stereocenters. The van der Waals surface area contributed by atoms with Gasteiger partial charge in [-0.3, -0.25) is 0 Å². The molecule has 0 amide bonds. The highest BCUT2D eigenvalue weighted by atomic mass is 79.9. The van der Waals surface area contributed by atoms with Crippen LogP contribution in [0.2, 0.25) is 0 Å². The Bertz CT molecular complexity index is 516. The molecule has 0 unspecified atom stereocenters. The van der Waals surface area contributed by atoms with E-state index in [0.717, 1.165) is 0 Å². The second-order valence-corrected chi connectivity index (χ2v) is 4.11. The summed E-state index contributed by atoms with van der Waals surface area (Å²) in [6, 6.07) is 8.16. The van der Waals surface area contributed by atoms with Crippen LogP contribution in [0.15, 0.2) is 41.0 Å².